The van der Waals surface area contributed by atoms with E-state index in [1.807, 2.05) is 0 Å². The topological polar surface area (TPSA) is 72.2 Å². The zero-order valence-electron chi connectivity index (χ0n) is 10.5. The molecule has 5 nitrogen and oxygen atoms in total. The molecule has 0 aliphatic rings. The maximum absolute atomic E-state index is 13.7. The Morgan fingerprint density at radius 3 is 2.48 bits per heavy atom. The Labute approximate surface area is 114 Å². The predicted molar refractivity (Wildman–Crippen MR) is 61.1 cm³/mol. The molecule has 0 heterocycles. The van der Waals surface area contributed by atoms with Crippen LogP contribution in [0.5, 0.6) is 0 Å². The predicted octanol–water partition coefficient (Wildman–Crippen LogP) is 2.67. The highest BCUT2D eigenvalue weighted by Gasteiger charge is 2.41. The van der Waals surface area contributed by atoms with Crippen LogP contribution >= 0.6 is 0 Å². The van der Waals surface area contributed by atoms with E-state index in [1.54, 1.807) is 0 Å². The summed E-state index contributed by atoms with van der Waals surface area (Å²) < 4.78 is 62.8. The fraction of sp³-hybridized carbons (Fsp3) is 0.364. The molecule has 21 heavy (non-hydrogen) atoms. The number of nitrogens with zero attached hydrogens (tertiary/aromatic N) is 1. The lowest BCUT2D eigenvalue weighted by atomic mass is 10.1. The van der Waals surface area contributed by atoms with Gasteiger partial charge in [-0.1, -0.05) is 0 Å². The number of nitro groups is 1. The van der Waals surface area contributed by atoms with Crippen molar-refractivity contribution in [3.63, 3.8) is 0 Å². The first-order valence-electron chi connectivity index (χ1n) is 5.45. The van der Waals surface area contributed by atoms with E-state index in [4.69, 9.17) is 0 Å². The molecule has 0 saturated heterocycles. The number of aryl methyl sites for hydroxylation is 1. The molecule has 1 aromatic carbocycles. The van der Waals surface area contributed by atoms with Gasteiger partial charge in [-0.2, -0.15) is 8.78 Å². The van der Waals surface area contributed by atoms with Gasteiger partial charge in [0, 0.05) is 12.1 Å². The molecule has 0 atom stereocenters. The molecule has 1 N–H and O–H groups in total. The van der Waals surface area contributed by atoms with E-state index in [-0.39, 0.29) is 5.56 Å². The van der Waals surface area contributed by atoms with E-state index in [0.29, 0.717) is 6.07 Å². The first kappa shape index (κ1) is 16.8. The minimum absolute atomic E-state index is 0.255. The summed E-state index contributed by atoms with van der Waals surface area (Å²) in [6.07, 6.45) is -4.01. The Bertz CT molecular complexity index is 577. The first-order chi connectivity index (χ1) is 9.56. The van der Waals surface area contributed by atoms with Crippen molar-refractivity contribution in [3.05, 3.63) is 39.2 Å². The molecule has 0 fully saturated rings. The van der Waals surface area contributed by atoms with Gasteiger partial charge in [0.25, 0.3) is 11.6 Å². The minimum atomic E-state index is -4.48. The third-order valence-corrected chi connectivity index (χ3v) is 2.50. The zero-order valence-corrected chi connectivity index (χ0v) is 10.5. The van der Waals surface area contributed by atoms with Gasteiger partial charge in [-0.05, 0) is 12.5 Å². The second-order valence-electron chi connectivity index (χ2n) is 4.13. The number of amides is 1. The summed E-state index contributed by atoms with van der Waals surface area (Å²) in [4.78, 5) is 21.2. The molecule has 1 aromatic rings. The number of alkyl halides is 4. The number of hydrogen-bond acceptors (Lipinski definition) is 3. The molecule has 0 saturated carbocycles. The van der Waals surface area contributed by atoms with Crippen LogP contribution in [0.2, 0.25) is 0 Å². The van der Waals surface area contributed by atoms with Crippen molar-refractivity contribution in [2.24, 2.45) is 0 Å². The Kier molecular flexibility index (Phi) is 4.81. The summed E-state index contributed by atoms with van der Waals surface area (Å²) in [7, 11) is 0. The fourth-order valence-corrected chi connectivity index (χ4v) is 1.39. The van der Waals surface area contributed by atoms with Crippen LogP contribution in [0.4, 0.5) is 27.6 Å². The van der Waals surface area contributed by atoms with E-state index in [1.165, 1.54) is 5.32 Å². The summed E-state index contributed by atoms with van der Waals surface area (Å²) in [5.74, 6) is -7.08. The van der Waals surface area contributed by atoms with Crippen molar-refractivity contribution in [1.29, 1.82) is 0 Å². The molecule has 0 spiro atoms. The molecule has 0 aromatic heterocycles. The number of carbonyl (C=O) groups excluding carboxylic acids is 1. The second-order valence-corrected chi connectivity index (χ2v) is 4.13. The molecule has 1 rings (SSSR count). The normalized spacial score (nSPS) is 11.6. The second kappa shape index (κ2) is 6.02. The molecule has 1 amide bonds. The van der Waals surface area contributed by atoms with Crippen molar-refractivity contribution < 1.29 is 31.7 Å². The van der Waals surface area contributed by atoms with Gasteiger partial charge in [0.15, 0.2) is 0 Å². The summed E-state index contributed by atoms with van der Waals surface area (Å²) in [6, 6.07) is 1.39. The molecule has 0 radical (unpaired) electrons. The SMILES string of the molecule is Cc1cc([N+](=O)[O-])cc(C(=O)NCC(F)(F)C(F)F)c1F. The Balaban J connectivity index is 3.00. The first-order valence-corrected chi connectivity index (χ1v) is 5.45. The average molecular weight is 312 g/mol. The number of halogens is 5. The maximum atomic E-state index is 13.7. The zero-order chi connectivity index (χ0) is 16.4. The van der Waals surface area contributed by atoms with Gasteiger partial charge in [-0.15, -0.1) is 0 Å². The third-order valence-electron chi connectivity index (χ3n) is 2.50. The van der Waals surface area contributed by atoms with Crippen LogP contribution in [0.3, 0.4) is 0 Å². The molecule has 10 heteroatoms. The van der Waals surface area contributed by atoms with Gasteiger partial charge in [0.2, 0.25) is 0 Å². The highest BCUT2D eigenvalue weighted by molar-refractivity contribution is 5.95. The Morgan fingerprint density at radius 2 is 2.00 bits per heavy atom. The Hall–Kier alpha value is -2.26. The monoisotopic (exact) mass is 312 g/mol. The smallest absolute Gasteiger partial charge is 0.324 e. The summed E-state index contributed by atoms with van der Waals surface area (Å²) >= 11 is 0. The number of benzene rings is 1. The van der Waals surface area contributed by atoms with Gasteiger partial charge in [-0.3, -0.25) is 14.9 Å². The fourth-order valence-electron chi connectivity index (χ4n) is 1.39. The number of nitrogens with one attached hydrogen (secondary N) is 1. The van der Waals surface area contributed by atoms with E-state index in [0.717, 1.165) is 13.0 Å². The van der Waals surface area contributed by atoms with Crippen molar-refractivity contribution >= 4 is 11.6 Å². The van der Waals surface area contributed by atoms with Crippen molar-refractivity contribution in [2.75, 3.05) is 6.54 Å². The van der Waals surface area contributed by atoms with Crippen molar-refractivity contribution in [1.82, 2.24) is 5.32 Å². The van der Waals surface area contributed by atoms with E-state index < -0.39 is 46.8 Å². The average Bonchev–Trinajstić information content (AvgIpc) is 2.38. The molecular formula is C11H9F5N2O3. The lowest BCUT2D eigenvalue weighted by molar-refractivity contribution is -0.385. The highest BCUT2D eigenvalue weighted by Crippen LogP contribution is 2.23. The largest absolute Gasteiger partial charge is 0.346 e. The van der Waals surface area contributed by atoms with E-state index in [9.17, 15) is 36.9 Å². The number of nitro benzene ring substituents is 1. The van der Waals surface area contributed by atoms with Gasteiger partial charge in [-0.25, -0.2) is 13.2 Å². The van der Waals surface area contributed by atoms with E-state index >= 15 is 0 Å². The standard InChI is InChI=1S/C11H9F5N2O3/c1-5-2-6(18(20)21)3-7(8(5)12)9(19)17-4-11(15,16)10(13)14/h2-3,10H,4H2,1H3,(H,17,19). The molecule has 116 valence electrons. The summed E-state index contributed by atoms with van der Waals surface area (Å²) in [6.45, 7) is -0.586. The van der Waals surface area contributed by atoms with Crippen LogP contribution < -0.4 is 5.32 Å². The lowest BCUT2D eigenvalue weighted by Gasteiger charge is -2.16. The van der Waals surface area contributed by atoms with Gasteiger partial charge in [0.1, 0.15) is 5.82 Å². The number of hydrogen-bond donors (Lipinski definition) is 1. The van der Waals surface area contributed by atoms with Gasteiger partial charge >= 0.3 is 12.3 Å². The number of non-ortho nitro benzene ring substituents is 1. The lowest BCUT2D eigenvalue weighted by Crippen LogP contribution is -2.41. The van der Waals surface area contributed by atoms with Crippen LogP contribution in [0.15, 0.2) is 12.1 Å². The van der Waals surface area contributed by atoms with Crippen LogP contribution in [0.1, 0.15) is 15.9 Å². The van der Waals surface area contributed by atoms with Crippen LogP contribution in [-0.4, -0.2) is 29.7 Å². The van der Waals surface area contributed by atoms with Crippen molar-refractivity contribution in [2.45, 2.75) is 19.3 Å². The molecule has 0 aliphatic carbocycles. The number of rotatable bonds is 5. The highest BCUT2D eigenvalue weighted by atomic mass is 19.3. The minimum Gasteiger partial charge on any atom is -0.346 e. The molecular weight excluding hydrogens is 303 g/mol. The van der Waals surface area contributed by atoms with Gasteiger partial charge < -0.3 is 5.32 Å². The third kappa shape index (κ3) is 3.86. The van der Waals surface area contributed by atoms with Crippen LogP contribution in [0.25, 0.3) is 0 Å². The van der Waals surface area contributed by atoms with Crippen molar-refractivity contribution in [3.8, 4) is 0 Å². The van der Waals surface area contributed by atoms with E-state index in [2.05, 4.69) is 0 Å². The molecule has 0 aliphatic heterocycles. The maximum Gasteiger partial charge on any atom is 0.324 e. The Morgan fingerprint density at radius 1 is 1.43 bits per heavy atom. The quantitative estimate of drug-likeness (QED) is 0.516. The van der Waals surface area contributed by atoms with Crippen LogP contribution in [0, 0.1) is 22.9 Å². The summed E-state index contributed by atoms with van der Waals surface area (Å²) in [5.41, 5.74) is -1.75. The summed E-state index contributed by atoms with van der Waals surface area (Å²) in [5, 5.41) is 12.0. The number of carbonyl (C=O) groups is 1. The molecule has 0 unspecified atom stereocenters. The van der Waals surface area contributed by atoms with Crippen LogP contribution in [-0.2, 0) is 0 Å². The molecule has 0 bridgehead atoms. The van der Waals surface area contributed by atoms with Gasteiger partial charge in [0.05, 0.1) is 17.0 Å².